The van der Waals surface area contributed by atoms with E-state index in [1.165, 1.54) is 0 Å². The number of aromatic nitrogens is 1. The molecule has 0 atom stereocenters. The van der Waals surface area contributed by atoms with Gasteiger partial charge in [-0.05, 0) is 29.8 Å². The Balaban J connectivity index is 1.68. The van der Waals surface area contributed by atoms with Crippen LogP contribution < -0.4 is 5.73 Å². The second kappa shape index (κ2) is 8.70. The largest absolute Gasteiger partial charge is 0.387 e. The summed E-state index contributed by atoms with van der Waals surface area (Å²) in [5.41, 5.74) is 8.14. The van der Waals surface area contributed by atoms with Crippen LogP contribution >= 0.6 is 23.4 Å². The second-order valence-electron chi connectivity index (χ2n) is 4.56. The Labute approximate surface area is 134 Å². The summed E-state index contributed by atoms with van der Waals surface area (Å²) in [5, 5.41) is 0.738. The zero-order valence-corrected chi connectivity index (χ0v) is 13.3. The number of benzene rings is 1. The van der Waals surface area contributed by atoms with Gasteiger partial charge >= 0.3 is 0 Å². The van der Waals surface area contributed by atoms with E-state index in [1.54, 1.807) is 0 Å². The Hall–Kier alpha value is -1.52. The van der Waals surface area contributed by atoms with Gasteiger partial charge in [-0.3, -0.25) is 9.98 Å². The smallest absolute Gasteiger partial charge is 0.0949 e. The first-order valence-corrected chi connectivity index (χ1v) is 8.28. The molecule has 0 aliphatic heterocycles. The van der Waals surface area contributed by atoms with Crippen molar-refractivity contribution in [1.82, 2.24) is 4.98 Å². The minimum absolute atomic E-state index is 0.605. The first-order chi connectivity index (χ1) is 10.2. The van der Waals surface area contributed by atoms with Crippen LogP contribution in [0, 0.1) is 0 Å². The molecule has 2 rings (SSSR count). The number of thioether (sulfide) groups is 1. The fourth-order valence-electron chi connectivity index (χ4n) is 1.70. The molecule has 0 unspecified atom stereocenters. The van der Waals surface area contributed by atoms with Gasteiger partial charge in [0.1, 0.15) is 0 Å². The van der Waals surface area contributed by atoms with Crippen molar-refractivity contribution in [3.63, 3.8) is 0 Å². The van der Waals surface area contributed by atoms with Crippen LogP contribution in [0.2, 0.25) is 5.02 Å². The molecule has 2 N–H and O–H groups in total. The van der Waals surface area contributed by atoms with Gasteiger partial charge < -0.3 is 5.73 Å². The maximum absolute atomic E-state index is 5.93. The van der Waals surface area contributed by atoms with Crippen LogP contribution in [-0.4, -0.2) is 16.6 Å². The van der Waals surface area contributed by atoms with E-state index < -0.39 is 0 Å². The van der Waals surface area contributed by atoms with Gasteiger partial charge in [0.25, 0.3) is 0 Å². The summed E-state index contributed by atoms with van der Waals surface area (Å²) in [7, 11) is 0. The van der Waals surface area contributed by atoms with Gasteiger partial charge in [-0.1, -0.05) is 29.8 Å². The molecule has 1 aromatic carbocycles. The van der Waals surface area contributed by atoms with Crippen molar-refractivity contribution in [1.29, 1.82) is 0 Å². The normalized spacial score (nSPS) is 11.6. The minimum atomic E-state index is 0.605. The number of nitrogens with zero attached hydrogens (tertiary/aromatic N) is 2. The van der Waals surface area contributed by atoms with E-state index in [2.05, 4.69) is 9.98 Å². The third-order valence-electron chi connectivity index (χ3n) is 2.86. The Bertz CT molecular complexity index is 570. The van der Waals surface area contributed by atoms with Crippen LogP contribution in [0.4, 0.5) is 0 Å². The molecule has 1 aromatic heterocycles. The highest BCUT2D eigenvalue weighted by Gasteiger charge is 1.97. The molecule has 110 valence electrons. The van der Waals surface area contributed by atoms with Gasteiger partial charge in [-0.25, -0.2) is 0 Å². The third kappa shape index (κ3) is 6.19. The summed E-state index contributed by atoms with van der Waals surface area (Å²) in [6.45, 7) is 0.605. The van der Waals surface area contributed by atoms with E-state index in [4.69, 9.17) is 17.3 Å². The summed E-state index contributed by atoms with van der Waals surface area (Å²) in [5.74, 6) is 2.55. The van der Waals surface area contributed by atoms with Gasteiger partial charge in [0.2, 0.25) is 0 Å². The Morgan fingerprint density at radius 2 is 2.00 bits per heavy atom. The predicted molar refractivity (Wildman–Crippen MR) is 91.8 cm³/mol. The monoisotopic (exact) mass is 319 g/mol. The van der Waals surface area contributed by atoms with Crippen molar-refractivity contribution in [2.24, 2.45) is 10.7 Å². The van der Waals surface area contributed by atoms with Gasteiger partial charge in [-0.15, -0.1) is 0 Å². The van der Waals surface area contributed by atoms with Crippen LogP contribution in [0.25, 0.3) is 0 Å². The molecule has 5 heteroatoms. The molecular weight excluding hydrogens is 302 g/mol. The first kappa shape index (κ1) is 15.9. The Morgan fingerprint density at radius 3 is 2.71 bits per heavy atom. The molecular formula is C16H18ClN3S. The first-order valence-electron chi connectivity index (χ1n) is 6.75. The summed E-state index contributed by atoms with van der Waals surface area (Å²) in [4.78, 5) is 8.68. The number of amidine groups is 1. The van der Waals surface area contributed by atoms with E-state index >= 15 is 0 Å². The maximum Gasteiger partial charge on any atom is 0.0949 e. The average Bonchev–Trinajstić information content (AvgIpc) is 2.52. The molecule has 0 saturated carbocycles. The van der Waals surface area contributed by atoms with Gasteiger partial charge in [0.15, 0.2) is 0 Å². The number of hydrogen-bond donors (Lipinski definition) is 1. The maximum atomic E-state index is 5.93. The van der Waals surface area contributed by atoms with E-state index in [-0.39, 0.29) is 0 Å². The third-order valence-corrected chi connectivity index (χ3v) is 4.10. The van der Waals surface area contributed by atoms with Gasteiger partial charge in [0.05, 0.1) is 18.1 Å². The number of aliphatic imine (C=N–C) groups is 1. The van der Waals surface area contributed by atoms with Gasteiger partial charge in [0, 0.05) is 29.1 Å². The summed E-state index contributed by atoms with van der Waals surface area (Å²) in [6.07, 6.45) is 2.61. The van der Waals surface area contributed by atoms with Crippen LogP contribution in [0.5, 0.6) is 0 Å². The molecule has 21 heavy (non-hydrogen) atoms. The van der Waals surface area contributed by atoms with E-state index in [9.17, 15) is 0 Å². The lowest BCUT2D eigenvalue weighted by atomic mass is 10.2. The zero-order chi connectivity index (χ0) is 14.9. The van der Waals surface area contributed by atoms with E-state index in [0.29, 0.717) is 12.4 Å². The number of pyridine rings is 1. The SMILES string of the molecule is NC(CCSCc1ccccn1)=NCc1ccc(Cl)cc1. The average molecular weight is 320 g/mol. The van der Waals surface area contributed by atoms with Crippen molar-refractivity contribution < 1.29 is 0 Å². The molecule has 1 heterocycles. The van der Waals surface area contributed by atoms with Crippen LogP contribution in [0.15, 0.2) is 53.7 Å². The van der Waals surface area contributed by atoms with Crippen LogP contribution in [-0.2, 0) is 12.3 Å². The molecule has 0 spiro atoms. The summed E-state index contributed by atoms with van der Waals surface area (Å²) >= 11 is 7.66. The van der Waals surface area contributed by atoms with E-state index in [1.807, 2.05) is 60.4 Å². The van der Waals surface area contributed by atoms with Crippen molar-refractivity contribution in [3.8, 4) is 0 Å². The Kier molecular flexibility index (Phi) is 6.57. The molecule has 0 aliphatic rings. The molecule has 0 fully saturated rings. The predicted octanol–water partition coefficient (Wildman–Crippen LogP) is 3.92. The van der Waals surface area contributed by atoms with Gasteiger partial charge in [-0.2, -0.15) is 11.8 Å². The number of hydrogen-bond acceptors (Lipinski definition) is 3. The lowest BCUT2D eigenvalue weighted by Crippen LogP contribution is -2.13. The number of nitrogens with two attached hydrogens (primary N) is 1. The number of halogens is 1. The topological polar surface area (TPSA) is 51.3 Å². The molecule has 0 aliphatic carbocycles. The lowest BCUT2D eigenvalue weighted by molar-refractivity contribution is 1.04. The van der Waals surface area contributed by atoms with E-state index in [0.717, 1.165) is 34.2 Å². The molecule has 0 saturated heterocycles. The summed E-state index contributed by atoms with van der Waals surface area (Å²) < 4.78 is 0. The highest BCUT2D eigenvalue weighted by atomic mass is 35.5. The lowest BCUT2D eigenvalue weighted by Gasteiger charge is -2.02. The highest BCUT2D eigenvalue weighted by Crippen LogP contribution is 2.12. The fraction of sp³-hybridized carbons (Fsp3) is 0.250. The molecule has 0 amide bonds. The van der Waals surface area contributed by atoms with Crippen molar-refractivity contribution >= 4 is 29.2 Å². The Morgan fingerprint density at radius 1 is 1.19 bits per heavy atom. The highest BCUT2D eigenvalue weighted by molar-refractivity contribution is 7.98. The molecule has 2 aromatic rings. The number of rotatable bonds is 7. The fourth-order valence-corrected chi connectivity index (χ4v) is 2.70. The van der Waals surface area contributed by atoms with Crippen molar-refractivity contribution in [2.45, 2.75) is 18.7 Å². The van der Waals surface area contributed by atoms with Crippen molar-refractivity contribution in [3.05, 3.63) is 64.9 Å². The molecule has 0 bridgehead atoms. The summed E-state index contributed by atoms with van der Waals surface area (Å²) in [6, 6.07) is 13.6. The minimum Gasteiger partial charge on any atom is -0.387 e. The molecule has 0 radical (unpaired) electrons. The van der Waals surface area contributed by atoms with Crippen molar-refractivity contribution in [2.75, 3.05) is 5.75 Å². The van der Waals surface area contributed by atoms with Crippen LogP contribution in [0.1, 0.15) is 17.7 Å². The molecule has 3 nitrogen and oxygen atoms in total. The zero-order valence-electron chi connectivity index (χ0n) is 11.7. The second-order valence-corrected chi connectivity index (χ2v) is 6.10. The van der Waals surface area contributed by atoms with Crippen LogP contribution in [0.3, 0.4) is 0 Å². The quantitative estimate of drug-likeness (QED) is 0.478. The standard InChI is InChI=1S/C16H18ClN3S/c17-14-6-4-13(5-7-14)11-20-16(18)8-10-21-12-15-3-1-2-9-19-15/h1-7,9H,8,10-12H2,(H2,18,20).